The van der Waals surface area contributed by atoms with E-state index < -0.39 is 0 Å². The fourth-order valence-electron chi connectivity index (χ4n) is 2.99. The van der Waals surface area contributed by atoms with Crippen molar-refractivity contribution in [1.82, 2.24) is 5.32 Å². The molecule has 22 heavy (non-hydrogen) atoms. The third kappa shape index (κ3) is 4.86. The van der Waals surface area contributed by atoms with Crippen LogP contribution in [0, 0.1) is 19.8 Å². The Kier molecular flexibility index (Phi) is 5.99. The zero-order valence-corrected chi connectivity index (χ0v) is 13.6. The van der Waals surface area contributed by atoms with Crippen LogP contribution in [0.15, 0.2) is 18.2 Å². The molecule has 0 aliphatic heterocycles. The number of benzene rings is 1. The van der Waals surface area contributed by atoms with Crippen LogP contribution in [-0.4, -0.2) is 18.4 Å². The van der Waals surface area contributed by atoms with Gasteiger partial charge in [-0.15, -0.1) is 0 Å². The summed E-state index contributed by atoms with van der Waals surface area (Å²) in [5.41, 5.74) is 3.01. The highest BCUT2D eigenvalue weighted by atomic mass is 16.2. The van der Waals surface area contributed by atoms with Gasteiger partial charge in [-0.3, -0.25) is 9.59 Å². The van der Waals surface area contributed by atoms with Crippen LogP contribution in [-0.2, 0) is 9.59 Å². The molecule has 1 fully saturated rings. The molecule has 0 bridgehead atoms. The highest BCUT2D eigenvalue weighted by Crippen LogP contribution is 2.26. The first-order valence-electron chi connectivity index (χ1n) is 8.19. The molecule has 0 spiro atoms. The molecule has 1 aliphatic carbocycles. The first kappa shape index (κ1) is 16.5. The minimum atomic E-state index is -0.175. The average Bonchev–Trinajstić information content (AvgIpc) is 2.51. The van der Waals surface area contributed by atoms with E-state index in [4.69, 9.17) is 0 Å². The number of nitrogens with one attached hydrogen (secondary N) is 2. The zero-order chi connectivity index (χ0) is 15.9. The SMILES string of the molecule is Cc1cccc(NC(=O)CNC(=O)CC2CCCCC2)c1C. The van der Waals surface area contributed by atoms with E-state index in [0.29, 0.717) is 12.3 Å². The predicted molar refractivity (Wildman–Crippen MR) is 88.7 cm³/mol. The highest BCUT2D eigenvalue weighted by molar-refractivity contribution is 5.95. The van der Waals surface area contributed by atoms with Crippen molar-refractivity contribution in [2.45, 2.75) is 52.4 Å². The molecule has 1 aliphatic rings. The van der Waals surface area contributed by atoms with E-state index in [-0.39, 0.29) is 18.4 Å². The lowest BCUT2D eigenvalue weighted by Crippen LogP contribution is -2.34. The molecule has 2 N–H and O–H groups in total. The minimum absolute atomic E-state index is 0.0111. The Balaban J connectivity index is 1.75. The molecule has 0 radical (unpaired) electrons. The first-order chi connectivity index (χ1) is 10.6. The Labute approximate surface area is 132 Å². The van der Waals surface area contributed by atoms with Gasteiger partial charge < -0.3 is 10.6 Å². The van der Waals surface area contributed by atoms with E-state index in [1.165, 1.54) is 19.3 Å². The van der Waals surface area contributed by atoms with Gasteiger partial charge in [0, 0.05) is 12.1 Å². The van der Waals surface area contributed by atoms with Gasteiger partial charge in [-0.05, 0) is 49.8 Å². The molecule has 1 aromatic rings. The van der Waals surface area contributed by atoms with Crippen LogP contribution < -0.4 is 10.6 Å². The van der Waals surface area contributed by atoms with Crippen LogP contribution in [0.1, 0.15) is 49.7 Å². The molecular formula is C18H26N2O2. The standard InChI is InChI=1S/C18H26N2O2/c1-13-7-6-10-16(14(13)2)20-18(22)12-19-17(21)11-15-8-4-3-5-9-15/h6-7,10,15H,3-5,8-9,11-12H2,1-2H3,(H,19,21)(H,20,22). The van der Waals surface area contributed by atoms with Gasteiger partial charge in [0.25, 0.3) is 0 Å². The highest BCUT2D eigenvalue weighted by Gasteiger charge is 2.17. The fourth-order valence-corrected chi connectivity index (χ4v) is 2.99. The number of rotatable bonds is 5. The lowest BCUT2D eigenvalue weighted by atomic mass is 9.87. The Morgan fingerprint density at radius 2 is 1.82 bits per heavy atom. The van der Waals surface area contributed by atoms with E-state index in [0.717, 1.165) is 29.7 Å². The van der Waals surface area contributed by atoms with Gasteiger partial charge in [0.15, 0.2) is 0 Å². The third-order valence-corrected chi connectivity index (χ3v) is 4.52. The second kappa shape index (κ2) is 7.97. The number of amides is 2. The van der Waals surface area contributed by atoms with Crippen LogP contribution in [0.2, 0.25) is 0 Å². The average molecular weight is 302 g/mol. The second-order valence-corrected chi connectivity index (χ2v) is 6.28. The maximum Gasteiger partial charge on any atom is 0.243 e. The maximum atomic E-state index is 11.9. The van der Waals surface area contributed by atoms with Crippen LogP contribution in [0.25, 0.3) is 0 Å². The smallest absolute Gasteiger partial charge is 0.243 e. The molecule has 4 nitrogen and oxygen atoms in total. The normalized spacial score (nSPS) is 15.4. The molecule has 0 saturated heterocycles. The summed E-state index contributed by atoms with van der Waals surface area (Å²) in [4.78, 5) is 23.8. The number of hydrogen-bond donors (Lipinski definition) is 2. The summed E-state index contributed by atoms with van der Waals surface area (Å²) in [6.45, 7) is 4.03. The summed E-state index contributed by atoms with van der Waals surface area (Å²) < 4.78 is 0. The van der Waals surface area contributed by atoms with Crippen LogP contribution in [0.3, 0.4) is 0 Å². The summed E-state index contributed by atoms with van der Waals surface area (Å²) >= 11 is 0. The van der Waals surface area contributed by atoms with E-state index in [1.807, 2.05) is 32.0 Å². The number of aryl methyl sites for hydroxylation is 1. The molecule has 0 unspecified atom stereocenters. The van der Waals surface area contributed by atoms with Gasteiger partial charge in [-0.2, -0.15) is 0 Å². The van der Waals surface area contributed by atoms with Crippen molar-refractivity contribution in [2.24, 2.45) is 5.92 Å². The Morgan fingerprint density at radius 1 is 1.09 bits per heavy atom. The predicted octanol–water partition coefficient (Wildman–Crippen LogP) is 3.33. The van der Waals surface area contributed by atoms with Crippen LogP contribution >= 0.6 is 0 Å². The summed E-state index contributed by atoms with van der Waals surface area (Å²) in [7, 11) is 0. The lowest BCUT2D eigenvalue weighted by Gasteiger charge is -2.20. The number of hydrogen-bond acceptors (Lipinski definition) is 2. The molecule has 4 heteroatoms. The molecule has 0 aromatic heterocycles. The summed E-state index contributed by atoms with van der Waals surface area (Å²) in [6, 6.07) is 5.81. The van der Waals surface area contributed by atoms with Crippen molar-refractivity contribution in [3.05, 3.63) is 29.3 Å². The quantitative estimate of drug-likeness (QED) is 0.876. The minimum Gasteiger partial charge on any atom is -0.347 e. The van der Waals surface area contributed by atoms with Crippen LogP contribution in [0.5, 0.6) is 0 Å². The van der Waals surface area contributed by atoms with Crippen molar-refractivity contribution < 1.29 is 9.59 Å². The monoisotopic (exact) mass is 302 g/mol. The Bertz CT molecular complexity index is 534. The maximum absolute atomic E-state index is 11.9. The molecule has 0 atom stereocenters. The van der Waals surface area contributed by atoms with Crippen molar-refractivity contribution in [2.75, 3.05) is 11.9 Å². The summed E-state index contributed by atoms with van der Waals surface area (Å²) in [6.07, 6.45) is 6.58. The zero-order valence-electron chi connectivity index (χ0n) is 13.6. The largest absolute Gasteiger partial charge is 0.347 e. The van der Waals surface area contributed by atoms with Gasteiger partial charge >= 0.3 is 0 Å². The molecule has 1 saturated carbocycles. The molecule has 120 valence electrons. The van der Waals surface area contributed by atoms with Gasteiger partial charge in [0.2, 0.25) is 11.8 Å². The van der Waals surface area contributed by atoms with Crippen molar-refractivity contribution in [3.63, 3.8) is 0 Å². The second-order valence-electron chi connectivity index (χ2n) is 6.28. The van der Waals surface area contributed by atoms with E-state index in [2.05, 4.69) is 10.6 Å². The fraction of sp³-hybridized carbons (Fsp3) is 0.556. The first-order valence-corrected chi connectivity index (χ1v) is 8.19. The van der Waals surface area contributed by atoms with E-state index >= 15 is 0 Å². The van der Waals surface area contributed by atoms with Gasteiger partial charge in [-0.25, -0.2) is 0 Å². The molecular weight excluding hydrogens is 276 g/mol. The van der Waals surface area contributed by atoms with Crippen molar-refractivity contribution >= 4 is 17.5 Å². The van der Waals surface area contributed by atoms with E-state index in [1.54, 1.807) is 0 Å². The van der Waals surface area contributed by atoms with Gasteiger partial charge in [0.1, 0.15) is 0 Å². The molecule has 1 aromatic carbocycles. The molecule has 2 amide bonds. The number of anilines is 1. The van der Waals surface area contributed by atoms with Crippen LogP contribution in [0.4, 0.5) is 5.69 Å². The van der Waals surface area contributed by atoms with E-state index in [9.17, 15) is 9.59 Å². The molecule has 2 rings (SSSR count). The lowest BCUT2D eigenvalue weighted by molar-refractivity contribution is -0.125. The topological polar surface area (TPSA) is 58.2 Å². The van der Waals surface area contributed by atoms with Gasteiger partial charge in [-0.1, -0.05) is 31.4 Å². The molecule has 0 heterocycles. The van der Waals surface area contributed by atoms with Gasteiger partial charge in [0.05, 0.1) is 6.54 Å². The third-order valence-electron chi connectivity index (χ3n) is 4.52. The number of carbonyl (C=O) groups is 2. The summed E-state index contributed by atoms with van der Waals surface area (Å²) in [5.74, 6) is 0.310. The Morgan fingerprint density at radius 3 is 2.55 bits per heavy atom. The van der Waals surface area contributed by atoms with Crippen molar-refractivity contribution in [3.8, 4) is 0 Å². The number of carbonyl (C=O) groups excluding carboxylic acids is 2. The summed E-state index contributed by atoms with van der Waals surface area (Å²) in [5, 5.41) is 5.59. The Hall–Kier alpha value is -1.84. The van der Waals surface area contributed by atoms with Crippen molar-refractivity contribution in [1.29, 1.82) is 0 Å².